The number of methoxy groups -OCH3 is 2. The van der Waals surface area contributed by atoms with Crippen LogP contribution in [0.4, 0.5) is 0 Å². The fourth-order valence-corrected chi connectivity index (χ4v) is 2.85. The fourth-order valence-electron chi connectivity index (χ4n) is 2.85. The van der Waals surface area contributed by atoms with E-state index in [0.717, 1.165) is 12.8 Å². The van der Waals surface area contributed by atoms with Crippen LogP contribution in [0, 0.1) is 0 Å². The first-order chi connectivity index (χ1) is 12.1. The van der Waals surface area contributed by atoms with Crippen molar-refractivity contribution in [3.63, 3.8) is 0 Å². The average Bonchev–Trinajstić information content (AvgIpc) is 3.02. The average molecular weight is 347 g/mol. The Kier molecular flexibility index (Phi) is 5.01. The van der Waals surface area contributed by atoms with Crippen molar-refractivity contribution in [2.45, 2.75) is 18.9 Å². The highest BCUT2D eigenvalue weighted by molar-refractivity contribution is 5.96. The quantitative estimate of drug-likeness (QED) is 0.794. The van der Waals surface area contributed by atoms with Crippen molar-refractivity contribution in [3.05, 3.63) is 24.2 Å². The van der Waals surface area contributed by atoms with Crippen molar-refractivity contribution in [1.82, 2.24) is 24.6 Å². The third kappa shape index (κ3) is 3.65. The van der Waals surface area contributed by atoms with Gasteiger partial charge in [-0.1, -0.05) is 0 Å². The molecule has 0 aliphatic carbocycles. The molecule has 0 radical (unpaired) electrons. The number of piperidine rings is 1. The lowest BCUT2D eigenvalue weighted by Crippen LogP contribution is -2.44. The normalized spacial score (nSPS) is 17.2. The minimum Gasteiger partial charge on any atom is -0.479 e. The Bertz CT molecular complexity index is 748. The van der Waals surface area contributed by atoms with Gasteiger partial charge in [-0.05, 0) is 12.8 Å². The minimum absolute atomic E-state index is 0.121. The first-order valence-corrected chi connectivity index (χ1v) is 8.01. The first kappa shape index (κ1) is 17.0. The van der Waals surface area contributed by atoms with E-state index in [0.29, 0.717) is 36.3 Å². The summed E-state index contributed by atoms with van der Waals surface area (Å²) in [6.07, 6.45) is 6.24. The second-order valence-electron chi connectivity index (χ2n) is 5.73. The smallest absolute Gasteiger partial charge is 0.278 e. The molecule has 134 valence electrons. The molecular weight excluding hydrogens is 326 g/mol. The predicted molar refractivity (Wildman–Crippen MR) is 87.9 cm³/mol. The summed E-state index contributed by atoms with van der Waals surface area (Å²) in [6.45, 7) is 1.12. The summed E-state index contributed by atoms with van der Waals surface area (Å²) in [5.74, 6) is 0.874. The van der Waals surface area contributed by atoms with Crippen LogP contribution in [-0.2, 0) is 7.05 Å². The summed E-state index contributed by atoms with van der Waals surface area (Å²) in [6, 6.07) is 0. The molecule has 2 aromatic rings. The monoisotopic (exact) mass is 347 g/mol. The van der Waals surface area contributed by atoms with E-state index in [4.69, 9.17) is 14.2 Å². The molecule has 25 heavy (non-hydrogen) atoms. The van der Waals surface area contributed by atoms with Gasteiger partial charge < -0.3 is 19.1 Å². The van der Waals surface area contributed by atoms with Gasteiger partial charge >= 0.3 is 0 Å². The highest BCUT2D eigenvalue weighted by atomic mass is 16.5. The summed E-state index contributed by atoms with van der Waals surface area (Å²) in [4.78, 5) is 22.8. The number of carbonyl (C=O) groups excluding carboxylic acids is 1. The Morgan fingerprint density at radius 2 is 1.88 bits per heavy atom. The molecule has 1 amide bonds. The minimum atomic E-state index is -0.175. The molecule has 0 N–H and O–H groups in total. The van der Waals surface area contributed by atoms with E-state index >= 15 is 0 Å². The molecule has 2 aromatic heterocycles. The number of carbonyl (C=O) groups is 1. The van der Waals surface area contributed by atoms with Crippen LogP contribution >= 0.6 is 0 Å². The lowest BCUT2D eigenvalue weighted by atomic mass is 10.1. The molecule has 0 unspecified atom stereocenters. The number of aryl methyl sites for hydroxylation is 1. The van der Waals surface area contributed by atoms with Crippen molar-refractivity contribution in [2.75, 3.05) is 27.3 Å². The van der Waals surface area contributed by atoms with Gasteiger partial charge in [0.15, 0.2) is 0 Å². The number of likely N-dealkylation sites (tertiary alicyclic amines) is 1. The number of aromatic nitrogens is 4. The summed E-state index contributed by atoms with van der Waals surface area (Å²) in [5, 5.41) is 4.14. The number of nitrogens with zero attached hydrogens (tertiary/aromatic N) is 5. The van der Waals surface area contributed by atoms with Crippen LogP contribution < -0.4 is 14.2 Å². The van der Waals surface area contributed by atoms with Crippen LogP contribution in [0.2, 0.25) is 0 Å². The van der Waals surface area contributed by atoms with Crippen LogP contribution in [0.1, 0.15) is 23.2 Å². The van der Waals surface area contributed by atoms with Crippen molar-refractivity contribution >= 4 is 5.91 Å². The highest BCUT2D eigenvalue weighted by Crippen LogP contribution is 2.25. The van der Waals surface area contributed by atoms with E-state index in [1.165, 1.54) is 20.4 Å². The SMILES string of the molecule is COc1nn(C)cc1C(=O)N1CCC[C@@H](Oc2nccnc2OC)C1. The molecule has 9 nitrogen and oxygen atoms in total. The molecule has 1 aliphatic heterocycles. The van der Waals surface area contributed by atoms with E-state index in [1.54, 1.807) is 29.0 Å². The molecule has 1 aliphatic rings. The van der Waals surface area contributed by atoms with Gasteiger partial charge in [-0.2, -0.15) is 0 Å². The van der Waals surface area contributed by atoms with Crippen LogP contribution in [0.3, 0.4) is 0 Å². The van der Waals surface area contributed by atoms with Crippen LogP contribution in [-0.4, -0.2) is 64.0 Å². The molecule has 0 bridgehead atoms. The Hall–Kier alpha value is -2.84. The van der Waals surface area contributed by atoms with Gasteiger partial charge in [-0.3, -0.25) is 9.48 Å². The maximum absolute atomic E-state index is 12.8. The van der Waals surface area contributed by atoms with Crippen LogP contribution in [0.5, 0.6) is 17.6 Å². The number of rotatable bonds is 5. The Morgan fingerprint density at radius 1 is 1.16 bits per heavy atom. The first-order valence-electron chi connectivity index (χ1n) is 8.01. The summed E-state index contributed by atoms with van der Waals surface area (Å²) < 4.78 is 17.8. The second-order valence-corrected chi connectivity index (χ2v) is 5.73. The fraction of sp³-hybridized carbons (Fsp3) is 0.500. The third-order valence-corrected chi connectivity index (χ3v) is 3.99. The predicted octanol–water partition coefficient (Wildman–Crippen LogP) is 0.911. The van der Waals surface area contributed by atoms with Gasteiger partial charge in [-0.15, -0.1) is 5.10 Å². The van der Waals surface area contributed by atoms with Gasteiger partial charge in [0.1, 0.15) is 11.7 Å². The summed E-state index contributed by atoms with van der Waals surface area (Å²) >= 11 is 0. The van der Waals surface area contributed by atoms with Gasteiger partial charge in [0, 0.05) is 32.2 Å². The van der Waals surface area contributed by atoms with Gasteiger partial charge in [-0.25, -0.2) is 9.97 Å². The Balaban J connectivity index is 1.71. The van der Waals surface area contributed by atoms with E-state index < -0.39 is 0 Å². The standard InChI is InChI=1S/C16H21N5O4/c1-20-10-12(13(19-20)23-2)16(22)21-8-4-5-11(9-21)25-15-14(24-3)17-6-7-18-15/h6-7,10-11H,4-5,8-9H2,1-3H3/t11-/m1/s1. The van der Waals surface area contributed by atoms with Crippen LogP contribution in [0.25, 0.3) is 0 Å². The molecule has 3 rings (SSSR count). The topological polar surface area (TPSA) is 91.6 Å². The molecule has 0 saturated carbocycles. The molecule has 3 heterocycles. The van der Waals surface area contributed by atoms with Crippen molar-refractivity contribution in [1.29, 1.82) is 0 Å². The van der Waals surface area contributed by atoms with Crippen molar-refractivity contribution in [3.8, 4) is 17.6 Å². The summed E-state index contributed by atoms with van der Waals surface area (Å²) in [5.41, 5.74) is 0.447. The van der Waals surface area contributed by atoms with Gasteiger partial charge in [0.05, 0.1) is 20.8 Å². The molecule has 1 saturated heterocycles. The molecule has 1 fully saturated rings. The maximum Gasteiger partial charge on any atom is 0.278 e. The maximum atomic E-state index is 12.8. The Morgan fingerprint density at radius 3 is 2.60 bits per heavy atom. The lowest BCUT2D eigenvalue weighted by molar-refractivity contribution is 0.0516. The molecular formula is C16H21N5O4. The van der Waals surface area contributed by atoms with Crippen molar-refractivity contribution < 1.29 is 19.0 Å². The zero-order chi connectivity index (χ0) is 17.8. The van der Waals surface area contributed by atoms with Gasteiger partial charge in [0.25, 0.3) is 17.7 Å². The van der Waals surface area contributed by atoms with Gasteiger partial charge in [0.2, 0.25) is 5.88 Å². The zero-order valence-electron chi connectivity index (χ0n) is 14.5. The molecule has 0 spiro atoms. The number of hydrogen-bond acceptors (Lipinski definition) is 7. The number of amides is 1. The number of hydrogen-bond donors (Lipinski definition) is 0. The van der Waals surface area contributed by atoms with E-state index in [1.807, 2.05) is 0 Å². The number of ether oxygens (including phenoxy) is 3. The lowest BCUT2D eigenvalue weighted by Gasteiger charge is -2.32. The van der Waals surface area contributed by atoms with E-state index in [9.17, 15) is 4.79 Å². The molecule has 9 heteroatoms. The molecule has 0 aromatic carbocycles. The Labute approximate surface area is 145 Å². The van der Waals surface area contributed by atoms with Crippen LogP contribution in [0.15, 0.2) is 18.6 Å². The molecule has 1 atom stereocenters. The highest BCUT2D eigenvalue weighted by Gasteiger charge is 2.29. The van der Waals surface area contributed by atoms with E-state index in [2.05, 4.69) is 15.1 Å². The third-order valence-electron chi connectivity index (χ3n) is 3.99. The van der Waals surface area contributed by atoms with E-state index in [-0.39, 0.29) is 12.0 Å². The second kappa shape index (κ2) is 7.37. The van der Waals surface area contributed by atoms with Crippen molar-refractivity contribution in [2.24, 2.45) is 7.05 Å². The summed E-state index contributed by atoms with van der Waals surface area (Å²) in [7, 11) is 4.77. The zero-order valence-corrected chi connectivity index (χ0v) is 14.5. The largest absolute Gasteiger partial charge is 0.479 e.